The Balaban J connectivity index is 2.83. The summed E-state index contributed by atoms with van der Waals surface area (Å²) in [4.78, 5) is 11.4. The summed E-state index contributed by atoms with van der Waals surface area (Å²) in [5, 5.41) is 6.36. The van der Waals surface area contributed by atoms with Crippen LogP contribution in [0.2, 0.25) is 0 Å². The fraction of sp³-hybridized carbons (Fsp3) is 0.333. The van der Waals surface area contributed by atoms with Crippen LogP contribution in [0.5, 0.6) is 0 Å². The third-order valence-corrected chi connectivity index (χ3v) is 3.36. The molecule has 1 unspecified atom stereocenters. The highest BCUT2D eigenvalue weighted by atomic mass is 35.7. The molecule has 1 atom stereocenters. The molecule has 0 saturated carbocycles. The summed E-state index contributed by atoms with van der Waals surface area (Å²) >= 11 is 0. The van der Waals surface area contributed by atoms with E-state index in [1.54, 1.807) is 13.0 Å². The van der Waals surface area contributed by atoms with Crippen LogP contribution < -0.4 is 5.32 Å². The highest BCUT2D eigenvalue weighted by Crippen LogP contribution is 2.15. The molecule has 8 heteroatoms. The molecule has 1 rings (SSSR count). The zero-order valence-electron chi connectivity index (χ0n) is 9.13. The molecule has 0 aliphatic rings. The second-order valence-electron chi connectivity index (χ2n) is 3.30. The van der Waals surface area contributed by atoms with Crippen molar-refractivity contribution >= 4 is 25.6 Å². The van der Waals surface area contributed by atoms with Gasteiger partial charge in [0.15, 0.2) is 0 Å². The van der Waals surface area contributed by atoms with Gasteiger partial charge in [0.25, 0.3) is 9.05 Å². The highest BCUT2D eigenvalue weighted by Gasteiger charge is 2.18. The minimum Gasteiger partial charge on any atom is -0.351 e. The SMILES string of the molecule is C=CCNC(=O)C(C)n1cc(S(=O)(=O)Cl)cn1. The summed E-state index contributed by atoms with van der Waals surface area (Å²) in [6, 6.07) is -0.623. The number of aromatic nitrogens is 2. The fourth-order valence-electron chi connectivity index (χ4n) is 1.10. The van der Waals surface area contributed by atoms with Gasteiger partial charge in [-0.1, -0.05) is 6.08 Å². The summed E-state index contributed by atoms with van der Waals surface area (Å²) in [6.45, 7) is 5.40. The van der Waals surface area contributed by atoms with Gasteiger partial charge in [0.2, 0.25) is 5.91 Å². The molecule has 0 fully saturated rings. The number of hydrogen-bond acceptors (Lipinski definition) is 4. The van der Waals surface area contributed by atoms with Gasteiger partial charge < -0.3 is 5.32 Å². The maximum atomic E-state index is 11.6. The Labute approximate surface area is 104 Å². The van der Waals surface area contributed by atoms with Gasteiger partial charge in [-0.15, -0.1) is 6.58 Å². The third kappa shape index (κ3) is 3.57. The maximum absolute atomic E-state index is 11.6. The average molecular weight is 278 g/mol. The van der Waals surface area contributed by atoms with Crippen molar-refractivity contribution < 1.29 is 13.2 Å². The predicted octanol–water partition coefficient (Wildman–Crippen LogP) is 0.674. The highest BCUT2D eigenvalue weighted by molar-refractivity contribution is 8.13. The van der Waals surface area contributed by atoms with E-state index in [9.17, 15) is 13.2 Å². The predicted molar refractivity (Wildman–Crippen MR) is 63.2 cm³/mol. The molecule has 1 aromatic heterocycles. The molecule has 1 heterocycles. The van der Waals surface area contributed by atoms with E-state index in [1.807, 2.05) is 0 Å². The molecule has 0 radical (unpaired) electrons. The average Bonchev–Trinajstić information content (AvgIpc) is 2.73. The Morgan fingerprint density at radius 1 is 1.76 bits per heavy atom. The molecule has 0 aliphatic carbocycles. The van der Waals surface area contributed by atoms with Crippen molar-refractivity contribution in [1.82, 2.24) is 15.1 Å². The molecule has 0 saturated heterocycles. The molecule has 1 aromatic rings. The van der Waals surface area contributed by atoms with Crippen LogP contribution in [0.1, 0.15) is 13.0 Å². The fourth-order valence-corrected chi connectivity index (χ4v) is 1.74. The minimum atomic E-state index is -3.82. The van der Waals surface area contributed by atoms with Gasteiger partial charge in [-0.25, -0.2) is 8.42 Å². The van der Waals surface area contributed by atoms with E-state index in [2.05, 4.69) is 17.0 Å². The summed E-state index contributed by atoms with van der Waals surface area (Å²) < 4.78 is 23.2. The number of hydrogen-bond donors (Lipinski definition) is 1. The topological polar surface area (TPSA) is 81.1 Å². The molecule has 6 nitrogen and oxygen atoms in total. The van der Waals surface area contributed by atoms with Gasteiger partial charge in [-0.2, -0.15) is 5.10 Å². The second-order valence-corrected chi connectivity index (χ2v) is 5.87. The van der Waals surface area contributed by atoms with Gasteiger partial charge in [0.05, 0.1) is 6.20 Å². The van der Waals surface area contributed by atoms with Crippen LogP contribution in [0.3, 0.4) is 0 Å². The largest absolute Gasteiger partial charge is 0.351 e. The first-order valence-corrected chi connectivity index (χ1v) is 7.04. The normalized spacial score (nSPS) is 13.1. The third-order valence-electron chi connectivity index (χ3n) is 2.06. The Morgan fingerprint density at radius 2 is 2.41 bits per heavy atom. The summed E-state index contributed by atoms with van der Waals surface area (Å²) in [6.07, 6.45) is 3.85. The van der Waals surface area contributed by atoms with Crippen molar-refractivity contribution in [2.24, 2.45) is 0 Å². The quantitative estimate of drug-likeness (QED) is 0.634. The molecule has 0 bridgehead atoms. The van der Waals surface area contributed by atoms with Crippen molar-refractivity contribution in [3.8, 4) is 0 Å². The van der Waals surface area contributed by atoms with E-state index in [-0.39, 0.29) is 10.8 Å². The zero-order valence-corrected chi connectivity index (χ0v) is 10.7. The monoisotopic (exact) mass is 277 g/mol. The zero-order chi connectivity index (χ0) is 13.1. The van der Waals surface area contributed by atoms with Crippen LogP contribution in [0.25, 0.3) is 0 Å². The molecule has 0 aliphatic heterocycles. The Hall–Kier alpha value is -1.34. The van der Waals surface area contributed by atoms with Gasteiger partial charge in [0, 0.05) is 23.4 Å². The summed E-state index contributed by atoms with van der Waals surface area (Å²) in [5.41, 5.74) is 0. The van der Waals surface area contributed by atoms with Crippen LogP contribution in [-0.4, -0.2) is 30.7 Å². The van der Waals surface area contributed by atoms with Crippen molar-refractivity contribution in [3.05, 3.63) is 25.0 Å². The van der Waals surface area contributed by atoms with E-state index >= 15 is 0 Å². The van der Waals surface area contributed by atoms with E-state index in [0.717, 1.165) is 6.20 Å². The smallest absolute Gasteiger partial charge is 0.264 e. The molecule has 0 spiro atoms. The maximum Gasteiger partial charge on any atom is 0.264 e. The van der Waals surface area contributed by atoms with Gasteiger partial charge in [-0.3, -0.25) is 9.48 Å². The lowest BCUT2D eigenvalue weighted by molar-refractivity contribution is -0.123. The second kappa shape index (κ2) is 5.33. The number of carbonyl (C=O) groups excluding carboxylic acids is 1. The van der Waals surface area contributed by atoms with Gasteiger partial charge in [0.1, 0.15) is 10.9 Å². The van der Waals surface area contributed by atoms with Crippen LogP contribution in [0.4, 0.5) is 0 Å². The number of rotatable bonds is 5. The van der Waals surface area contributed by atoms with E-state index < -0.39 is 15.1 Å². The number of nitrogens with one attached hydrogen (secondary N) is 1. The lowest BCUT2D eigenvalue weighted by Crippen LogP contribution is -2.31. The lowest BCUT2D eigenvalue weighted by Gasteiger charge is -2.11. The van der Waals surface area contributed by atoms with Crippen molar-refractivity contribution in [1.29, 1.82) is 0 Å². The molecule has 1 N–H and O–H groups in total. The first-order chi connectivity index (χ1) is 7.86. The van der Waals surface area contributed by atoms with E-state index in [0.29, 0.717) is 6.54 Å². The Kier molecular flexibility index (Phi) is 4.30. The van der Waals surface area contributed by atoms with Gasteiger partial charge in [-0.05, 0) is 6.92 Å². The van der Waals surface area contributed by atoms with Crippen LogP contribution in [-0.2, 0) is 13.8 Å². The molecule has 0 aromatic carbocycles. The Bertz CT molecular complexity index is 523. The lowest BCUT2D eigenvalue weighted by atomic mass is 10.3. The van der Waals surface area contributed by atoms with Gasteiger partial charge >= 0.3 is 0 Å². The molecule has 17 heavy (non-hydrogen) atoms. The number of amides is 1. The van der Waals surface area contributed by atoms with Crippen LogP contribution in [0.15, 0.2) is 29.9 Å². The molecular weight excluding hydrogens is 266 g/mol. The first-order valence-electron chi connectivity index (χ1n) is 4.73. The van der Waals surface area contributed by atoms with Crippen molar-refractivity contribution in [2.75, 3.05) is 6.54 Å². The molecule has 1 amide bonds. The molecule has 94 valence electrons. The van der Waals surface area contributed by atoms with Crippen molar-refractivity contribution in [3.63, 3.8) is 0 Å². The number of carbonyl (C=O) groups is 1. The van der Waals surface area contributed by atoms with Crippen LogP contribution >= 0.6 is 10.7 Å². The molecular formula is C9H12ClN3O3S. The standard InChI is InChI=1S/C9H12ClN3O3S/c1-3-4-11-9(14)7(2)13-6-8(5-12-13)17(10,15)16/h3,5-7H,1,4H2,2H3,(H,11,14). The Morgan fingerprint density at radius 3 is 2.88 bits per heavy atom. The summed E-state index contributed by atoms with van der Waals surface area (Å²) in [5.74, 6) is -0.286. The summed E-state index contributed by atoms with van der Waals surface area (Å²) in [7, 11) is 1.33. The first kappa shape index (κ1) is 13.7. The van der Waals surface area contributed by atoms with Crippen molar-refractivity contribution in [2.45, 2.75) is 17.9 Å². The number of halogens is 1. The van der Waals surface area contributed by atoms with Crippen LogP contribution in [0, 0.1) is 0 Å². The van der Waals surface area contributed by atoms with E-state index in [4.69, 9.17) is 10.7 Å². The van der Waals surface area contributed by atoms with E-state index in [1.165, 1.54) is 10.9 Å². The number of nitrogens with zero attached hydrogens (tertiary/aromatic N) is 2. The minimum absolute atomic E-state index is 0.137.